The van der Waals surface area contributed by atoms with E-state index in [1.54, 1.807) is 0 Å². The van der Waals surface area contributed by atoms with Gasteiger partial charge in [-0.15, -0.1) is 0 Å². The second-order valence-corrected chi connectivity index (χ2v) is 9.22. The van der Waals surface area contributed by atoms with Crippen LogP contribution in [0.15, 0.2) is 23.1 Å². The number of piperidine rings is 1. The van der Waals surface area contributed by atoms with Crippen LogP contribution in [0.4, 0.5) is 0 Å². The Morgan fingerprint density at radius 1 is 1.37 bits per heavy atom. The fourth-order valence-corrected chi connectivity index (χ4v) is 5.37. The van der Waals surface area contributed by atoms with E-state index in [4.69, 9.17) is 21.1 Å². The highest BCUT2D eigenvalue weighted by Gasteiger charge is 2.33. The SMILES string of the molecule is COc1ccc(S(=O)(=O)N2CCC[C@@H](C(=O)NC[C@H]3CCCO3)C2)cc1Cl. The molecule has 0 aliphatic carbocycles. The Balaban J connectivity index is 1.65. The van der Waals surface area contributed by atoms with Gasteiger partial charge >= 0.3 is 0 Å². The maximum Gasteiger partial charge on any atom is 0.243 e. The molecule has 0 aromatic heterocycles. The van der Waals surface area contributed by atoms with Crippen molar-refractivity contribution in [2.45, 2.75) is 36.7 Å². The van der Waals surface area contributed by atoms with Gasteiger partial charge in [0.05, 0.1) is 29.0 Å². The standard InChI is InChI=1S/C18H25ClN2O5S/c1-25-17-7-6-15(10-16(17)19)27(23,24)21-8-2-4-13(12-21)18(22)20-11-14-5-3-9-26-14/h6-7,10,13-14H,2-5,8-9,11-12H2,1H3,(H,20,22)/t13-,14-/m1/s1. The summed E-state index contributed by atoms with van der Waals surface area (Å²) in [6.45, 7) is 1.78. The first-order valence-electron chi connectivity index (χ1n) is 9.15. The minimum atomic E-state index is -3.72. The van der Waals surface area contributed by atoms with Crippen LogP contribution in [-0.2, 0) is 19.6 Å². The number of carbonyl (C=O) groups excluding carboxylic acids is 1. The van der Waals surface area contributed by atoms with E-state index in [0.29, 0.717) is 31.7 Å². The Bertz CT molecular complexity index is 780. The monoisotopic (exact) mass is 416 g/mol. The molecule has 2 heterocycles. The Morgan fingerprint density at radius 2 is 2.19 bits per heavy atom. The molecule has 2 aliphatic heterocycles. The van der Waals surface area contributed by atoms with Gasteiger partial charge in [-0.3, -0.25) is 4.79 Å². The summed E-state index contributed by atoms with van der Waals surface area (Å²) >= 11 is 6.07. The molecular weight excluding hydrogens is 392 g/mol. The third-order valence-corrected chi connectivity index (χ3v) is 7.20. The largest absolute Gasteiger partial charge is 0.495 e. The van der Waals surface area contributed by atoms with Gasteiger partial charge in [-0.1, -0.05) is 11.6 Å². The number of hydrogen-bond acceptors (Lipinski definition) is 5. The maximum atomic E-state index is 12.9. The van der Waals surface area contributed by atoms with Gasteiger partial charge in [0.1, 0.15) is 5.75 Å². The summed E-state index contributed by atoms with van der Waals surface area (Å²) in [6.07, 6.45) is 3.34. The van der Waals surface area contributed by atoms with Crippen LogP contribution in [0.2, 0.25) is 5.02 Å². The van der Waals surface area contributed by atoms with Crippen LogP contribution in [-0.4, -0.2) is 58.1 Å². The Labute approximate surface area is 165 Å². The van der Waals surface area contributed by atoms with E-state index in [2.05, 4.69) is 5.32 Å². The summed E-state index contributed by atoms with van der Waals surface area (Å²) in [7, 11) is -2.25. The average molecular weight is 417 g/mol. The van der Waals surface area contributed by atoms with Crippen LogP contribution >= 0.6 is 11.6 Å². The van der Waals surface area contributed by atoms with E-state index in [1.807, 2.05) is 0 Å². The van der Waals surface area contributed by atoms with Crippen molar-refractivity contribution < 1.29 is 22.7 Å². The lowest BCUT2D eigenvalue weighted by Gasteiger charge is -2.31. The first-order chi connectivity index (χ1) is 12.9. The zero-order valence-corrected chi connectivity index (χ0v) is 16.9. The van der Waals surface area contributed by atoms with Gasteiger partial charge in [0.2, 0.25) is 15.9 Å². The summed E-state index contributed by atoms with van der Waals surface area (Å²) in [4.78, 5) is 12.6. The maximum absolute atomic E-state index is 12.9. The summed E-state index contributed by atoms with van der Waals surface area (Å²) in [5.74, 6) is -0.0533. The first kappa shape index (κ1) is 20.4. The molecule has 3 rings (SSSR count). The lowest BCUT2D eigenvalue weighted by atomic mass is 9.99. The molecule has 1 aromatic rings. The van der Waals surface area contributed by atoms with Crippen molar-refractivity contribution in [2.75, 3.05) is 33.4 Å². The van der Waals surface area contributed by atoms with E-state index in [9.17, 15) is 13.2 Å². The number of sulfonamides is 1. The highest BCUT2D eigenvalue weighted by atomic mass is 35.5. The van der Waals surface area contributed by atoms with E-state index >= 15 is 0 Å². The lowest BCUT2D eigenvalue weighted by molar-refractivity contribution is -0.126. The van der Waals surface area contributed by atoms with Crippen molar-refractivity contribution in [3.63, 3.8) is 0 Å². The number of benzene rings is 1. The molecular formula is C18H25ClN2O5S. The number of amides is 1. The third kappa shape index (κ3) is 4.74. The number of hydrogen-bond donors (Lipinski definition) is 1. The minimum Gasteiger partial charge on any atom is -0.495 e. The fourth-order valence-electron chi connectivity index (χ4n) is 3.50. The van der Waals surface area contributed by atoms with Gasteiger partial charge in [0, 0.05) is 26.2 Å². The number of carbonyl (C=O) groups is 1. The second-order valence-electron chi connectivity index (χ2n) is 6.88. The molecule has 2 fully saturated rings. The van der Waals surface area contributed by atoms with E-state index in [0.717, 1.165) is 19.4 Å². The molecule has 1 N–H and O–H groups in total. The van der Waals surface area contributed by atoms with Gasteiger partial charge in [-0.25, -0.2) is 8.42 Å². The highest BCUT2D eigenvalue weighted by molar-refractivity contribution is 7.89. The van der Waals surface area contributed by atoms with E-state index in [1.165, 1.54) is 29.6 Å². The van der Waals surface area contributed by atoms with Crippen molar-refractivity contribution in [3.8, 4) is 5.75 Å². The Hall–Kier alpha value is -1.35. The number of nitrogens with zero attached hydrogens (tertiary/aromatic N) is 1. The molecule has 2 saturated heterocycles. The molecule has 2 atom stereocenters. The number of nitrogens with one attached hydrogen (secondary N) is 1. The molecule has 150 valence electrons. The van der Waals surface area contributed by atoms with Crippen LogP contribution in [0.5, 0.6) is 5.75 Å². The van der Waals surface area contributed by atoms with Crippen LogP contribution in [0.1, 0.15) is 25.7 Å². The van der Waals surface area contributed by atoms with Crippen molar-refractivity contribution in [1.29, 1.82) is 0 Å². The number of ether oxygens (including phenoxy) is 2. The Kier molecular flexibility index (Phi) is 6.62. The zero-order chi connectivity index (χ0) is 19.4. The molecule has 2 aliphatic rings. The van der Waals surface area contributed by atoms with Crippen LogP contribution < -0.4 is 10.1 Å². The summed E-state index contributed by atoms with van der Waals surface area (Å²) in [5.41, 5.74) is 0. The van der Waals surface area contributed by atoms with E-state index in [-0.39, 0.29) is 34.4 Å². The lowest BCUT2D eigenvalue weighted by Crippen LogP contribution is -2.46. The van der Waals surface area contributed by atoms with E-state index < -0.39 is 10.0 Å². The topological polar surface area (TPSA) is 84.9 Å². The van der Waals surface area contributed by atoms with Gasteiger partial charge in [0.15, 0.2) is 0 Å². The fraction of sp³-hybridized carbons (Fsp3) is 0.611. The Morgan fingerprint density at radius 3 is 2.85 bits per heavy atom. The van der Waals surface area contributed by atoms with Crippen molar-refractivity contribution in [3.05, 3.63) is 23.2 Å². The van der Waals surface area contributed by atoms with Crippen LogP contribution in [0, 0.1) is 5.92 Å². The molecule has 7 nitrogen and oxygen atoms in total. The van der Waals surface area contributed by atoms with Crippen LogP contribution in [0.3, 0.4) is 0 Å². The molecule has 27 heavy (non-hydrogen) atoms. The van der Waals surface area contributed by atoms with Gasteiger partial charge < -0.3 is 14.8 Å². The summed E-state index contributed by atoms with van der Waals surface area (Å²) < 4.78 is 37.8. The molecule has 0 radical (unpaired) electrons. The normalized spacial score (nSPS) is 23.9. The number of methoxy groups -OCH3 is 1. The summed E-state index contributed by atoms with van der Waals surface area (Å²) in [6, 6.07) is 4.39. The quantitative estimate of drug-likeness (QED) is 0.767. The minimum absolute atomic E-state index is 0.0683. The molecule has 0 unspecified atom stereocenters. The van der Waals surface area contributed by atoms with Crippen molar-refractivity contribution >= 4 is 27.5 Å². The smallest absolute Gasteiger partial charge is 0.243 e. The third-order valence-electron chi connectivity index (χ3n) is 5.04. The first-order valence-corrected chi connectivity index (χ1v) is 11.0. The molecule has 1 amide bonds. The number of rotatable bonds is 6. The van der Waals surface area contributed by atoms with Gasteiger partial charge in [-0.05, 0) is 43.9 Å². The predicted molar refractivity (Wildman–Crippen MR) is 101 cm³/mol. The molecule has 0 bridgehead atoms. The highest BCUT2D eigenvalue weighted by Crippen LogP contribution is 2.30. The zero-order valence-electron chi connectivity index (χ0n) is 15.3. The van der Waals surface area contributed by atoms with Crippen molar-refractivity contribution in [1.82, 2.24) is 9.62 Å². The second kappa shape index (κ2) is 8.77. The summed E-state index contributed by atoms with van der Waals surface area (Å²) in [5, 5.41) is 3.14. The predicted octanol–water partition coefficient (Wildman–Crippen LogP) is 2.04. The van der Waals surface area contributed by atoms with Gasteiger partial charge in [-0.2, -0.15) is 4.31 Å². The van der Waals surface area contributed by atoms with Crippen molar-refractivity contribution in [2.24, 2.45) is 5.92 Å². The molecule has 0 saturated carbocycles. The molecule has 9 heteroatoms. The van der Waals surface area contributed by atoms with Gasteiger partial charge in [0.25, 0.3) is 0 Å². The van der Waals surface area contributed by atoms with Crippen LogP contribution in [0.25, 0.3) is 0 Å². The molecule has 1 aromatic carbocycles. The average Bonchev–Trinajstić information content (AvgIpc) is 3.19. The number of halogens is 1. The molecule has 0 spiro atoms.